The first kappa shape index (κ1) is 12.5. The third-order valence-corrected chi connectivity index (χ3v) is 4.16. The Morgan fingerprint density at radius 3 is 3.24 bits per heavy atom. The fourth-order valence-corrected chi connectivity index (χ4v) is 3.14. The zero-order valence-corrected chi connectivity index (χ0v) is 11.8. The molecule has 6 heteroatoms. The lowest BCUT2D eigenvalue weighted by Gasteiger charge is -2.31. The number of H-pyrrole nitrogens is 1. The van der Waals surface area contributed by atoms with Crippen molar-refractivity contribution in [2.45, 2.75) is 25.3 Å². The predicted molar refractivity (Wildman–Crippen MR) is 78.8 cm³/mol. The van der Waals surface area contributed by atoms with Crippen molar-refractivity contribution in [3.63, 3.8) is 0 Å². The first-order valence-electron chi connectivity index (χ1n) is 7.38. The monoisotopic (exact) mass is 282 g/mol. The molecule has 3 aromatic heterocycles. The highest BCUT2D eigenvalue weighted by Crippen LogP contribution is 2.25. The second-order valence-electron chi connectivity index (χ2n) is 5.65. The summed E-state index contributed by atoms with van der Waals surface area (Å²) in [6.07, 6.45) is 9.76. The number of nitrogens with one attached hydrogen (secondary N) is 1. The smallest absolute Gasteiger partial charge is 0.155 e. The molecule has 1 aliphatic heterocycles. The summed E-state index contributed by atoms with van der Waals surface area (Å²) in [6.45, 7) is 3.17. The van der Waals surface area contributed by atoms with E-state index in [2.05, 4.69) is 37.1 Å². The SMILES string of the molecule is c1c[nH]c(C2CCCN(Cc3ccn4ncnc4c3)C2)n1. The van der Waals surface area contributed by atoms with Crippen LogP contribution in [0.15, 0.2) is 37.1 Å². The van der Waals surface area contributed by atoms with Crippen LogP contribution in [0.4, 0.5) is 0 Å². The van der Waals surface area contributed by atoms with E-state index in [1.54, 1.807) is 10.8 Å². The molecule has 1 fully saturated rings. The summed E-state index contributed by atoms with van der Waals surface area (Å²) in [5, 5.41) is 4.13. The van der Waals surface area contributed by atoms with Crippen molar-refractivity contribution in [1.29, 1.82) is 0 Å². The number of rotatable bonds is 3. The van der Waals surface area contributed by atoms with Gasteiger partial charge >= 0.3 is 0 Å². The molecule has 0 spiro atoms. The van der Waals surface area contributed by atoms with Crippen LogP contribution in [-0.2, 0) is 6.54 Å². The van der Waals surface area contributed by atoms with Crippen LogP contribution in [0, 0.1) is 0 Å². The number of hydrogen-bond acceptors (Lipinski definition) is 4. The zero-order valence-electron chi connectivity index (χ0n) is 11.8. The second kappa shape index (κ2) is 5.29. The van der Waals surface area contributed by atoms with Crippen LogP contribution in [-0.4, -0.2) is 42.6 Å². The number of pyridine rings is 1. The number of aromatic nitrogens is 5. The first-order valence-corrected chi connectivity index (χ1v) is 7.38. The van der Waals surface area contributed by atoms with Gasteiger partial charge in [0.1, 0.15) is 12.2 Å². The van der Waals surface area contributed by atoms with E-state index in [1.807, 2.05) is 18.6 Å². The molecule has 1 N–H and O–H groups in total. The van der Waals surface area contributed by atoms with Crippen LogP contribution in [0.3, 0.4) is 0 Å². The molecule has 0 bridgehead atoms. The molecule has 0 saturated carbocycles. The molecule has 0 aromatic carbocycles. The topological polar surface area (TPSA) is 62.1 Å². The molecular formula is C15H18N6. The highest BCUT2D eigenvalue weighted by atomic mass is 15.3. The Balaban J connectivity index is 1.48. The van der Waals surface area contributed by atoms with Gasteiger partial charge in [0.05, 0.1) is 0 Å². The fourth-order valence-electron chi connectivity index (χ4n) is 3.14. The van der Waals surface area contributed by atoms with E-state index in [9.17, 15) is 0 Å². The number of hydrogen-bond donors (Lipinski definition) is 1. The lowest BCUT2D eigenvalue weighted by Crippen LogP contribution is -2.34. The van der Waals surface area contributed by atoms with E-state index in [0.29, 0.717) is 5.92 Å². The van der Waals surface area contributed by atoms with Crippen molar-refractivity contribution >= 4 is 5.65 Å². The Labute approximate surface area is 122 Å². The molecular weight excluding hydrogens is 264 g/mol. The number of nitrogens with zero attached hydrogens (tertiary/aromatic N) is 5. The largest absolute Gasteiger partial charge is 0.348 e. The summed E-state index contributed by atoms with van der Waals surface area (Å²) in [6, 6.07) is 4.24. The highest BCUT2D eigenvalue weighted by molar-refractivity contribution is 5.39. The average molecular weight is 282 g/mol. The number of fused-ring (bicyclic) bond motifs is 1. The van der Waals surface area contributed by atoms with E-state index in [4.69, 9.17) is 0 Å². The molecule has 1 aliphatic rings. The Kier molecular flexibility index (Phi) is 3.16. The van der Waals surface area contributed by atoms with Crippen molar-refractivity contribution in [1.82, 2.24) is 29.5 Å². The highest BCUT2D eigenvalue weighted by Gasteiger charge is 2.22. The van der Waals surface area contributed by atoms with E-state index < -0.39 is 0 Å². The Morgan fingerprint density at radius 1 is 1.33 bits per heavy atom. The number of piperidine rings is 1. The number of imidazole rings is 1. The molecule has 0 aliphatic carbocycles. The standard InChI is InChI=1S/C15H18N6/c1-2-13(15-16-4-5-17-15)10-20(6-1)9-12-3-7-21-14(8-12)18-11-19-21/h3-5,7-8,11,13H,1-2,6,9-10H2,(H,16,17). The number of likely N-dealkylation sites (tertiary alicyclic amines) is 1. The quantitative estimate of drug-likeness (QED) is 0.796. The molecule has 1 unspecified atom stereocenters. The van der Waals surface area contributed by atoms with Gasteiger partial charge in [-0.1, -0.05) is 0 Å². The van der Waals surface area contributed by atoms with E-state index in [0.717, 1.165) is 31.1 Å². The van der Waals surface area contributed by atoms with E-state index in [1.165, 1.54) is 18.4 Å². The lowest BCUT2D eigenvalue weighted by atomic mass is 9.97. The maximum Gasteiger partial charge on any atom is 0.155 e. The van der Waals surface area contributed by atoms with Gasteiger partial charge in [-0.15, -0.1) is 0 Å². The molecule has 1 saturated heterocycles. The zero-order chi connectivity index (χ0) is 14.1. The van der Waals surface area contributed by atoms with Crippen LogP contribution in [0.25, 0.3) is 5.65 Å². The Morgan fingerprint density at radius 2 is 2.33 bits per heavy atom. The van der Waals surface area contributed by atoms with E-state index >= 15 is 0 Å². The van der Waals surface area contributed by atoms with Gasteiger partial charge < -0.3 is 4.98 Å². The van der Waals surface area contributed by atoms with Crippen molar-refractivity contribution in [3.05, 3.63) is 48.4 Å². The molecule has 0 amide bonds. The van der Waals surface area contributed by atoms with Gasteiger partial charge in [0, 0.05) is 37.6 Å². The minimum Gasteiger partial charge on any atom is -0.348 e. The summed E-state index contributed by atoms with van der Waals surface area (Å²) in [5.41, 5.74) is 2.20. The molecule has 4 heterocycles. The van der Waals surface area contributed by atoms with Crippen molar-refractivity contribution in [2.24, 2.45) is 0 Å². The van der Waals surface area contributed by atoms with Gasteiger partial charge in [0.15, 0.2) is 5.65 Å². The number of aromatic amines is 1. The molecule has 6 nitrogen and oxygen atoms in total. The molecule has 21 heavy (non-hydrogen) atoms. The maximum absolute atomic E-state index is 4.41. The van der Waals surface area contributed by atoms with E-state index in [-0.39, 0.29) is 0 Å². The normalized spacial score (nSPS) is 20.1. The van der Waals surface area contributed by atoms with Gasteiger partial charge in [-0.3, -0.25) is 4.90 Å². The summed E-state index contributed by atoms with van der Waals surface area (Å²) in [7, 11) is 0. The minimum atomic E-state index is 0.519. The maximum atomic E-state index is 4.41. The van der Waals surface area contributed by atoms with Crippen LogP contribution < -0.4 is 0 Å². The van der Waals surface area contributed by atoms with Crippen LogP contribution in [0.1, 0.15) is 30.1 Å². The summed E-state index contributed by atoms with van der Waals surface area (Å²) in [4.78, 5) is 14.4. The van der Waals surface area contributed by atoms with Crippen molar-refractivity contribution in [2.75, 3.05) is 13.1 Å². The summed E-state index contributed by atoms with van der Waals surface area (Å²) >= 11 is 0. The summed E-state index contributed by atoms with van der Waals surface area (Å²) < 4.78 is 1.80. The van der Waals surface area contributed by atoms with Crippen molar-refractivity contribution < 1.29 is 0 Å². The van der Waals surface area contributed by atoms with Gasteiger partial charge in [-0.05, 0) is 37.1 Å². The van der Waals surface area contributed by atoms with Gasteiger partial charge in [-0.2, -0.15) is 5.10 Å². The molecule has 1 atom stereocenters. The molecule has 0 radical (unpaired) electrons. The molecule has 3 aromatic rings. The van der Waals surface area contributed by atoms with Crippen molar-refractivity contribution in [3.8, 4) is 0 Å². The van der Waals surface area contributed by atoms with Gasteiger partial charge in [0.2, 0.25) is 0 Å². The van der Waals surface area contributed by atoms with Crippen LogP contribution in [0.2, 0.25) is 0 Å². The molecule has 108 valence electrons. The third kappa shape index (κ3) is 2.54. The van der Waals surface area contributed by atoms with Crippen LogP contribution in [0.5, 0.6) is 0 Å². The Bertz CT molecular complexity index is 717. The Hall–Kier alpha value is -2.21. The summed E-state index contributed by atoms with van der Waals surface area (Å²) in [5.74, 6) is 1.64. The van der Waals surface area contributed by atoms with Crippen LogP contribution >= 0.6 is 0 Å². The second-order valence-corrected chi connectivity index (χ2v) is 5.65. The third-order valence-electron chi connectivity index (χ3n) is 4.16. The lowest BCUT2D eigenvalue weighted by molar-refractivity contribution is 0.197. The van der Waals surface area contributed by atoms with Gasteiger partial charge in [-0.25, -0.2) is 14.5 Å². The minimum absolute atomic E-state index is 0.519. The van der Waals surface area contributed by atoms with Gasteiger partial charge in [0.25, 0.3) is 0 Å². The molecule has 4 rings (SSSR count). The first-order chi connectivity index (χ1) is 10.4. The predicted octanol–water partition coefficient (Wildman–Crippen LogP) is 1.83. The fraction of sp³-hybridized carbons (Fsp3) is 0.400. The average Bonchev–Trinajstić information content (AvgIpc) is 3.18.